The topological polar surface area (TPSA) is 43.6 Å². The van der Waals surface area contributed by atoms with E-state index in [9.17, 15) is 0 Å². The number of imidazole rings is 1. The van der Waals surface area contributed by atoms with Crippen LogP contribution in [-0.4, -0.2) is 19.5 Å². The molecule has 5 heteroatoms. The van der Waals surface area contributed by atoms with E-state index in [0.29, 0.717) is 22.1 Å². The van der Waals surface area contributed by atoms with Crippen molar-refractivity contribution in [3.63, 3.8) is 0 Å². The fraction of sp³-hybridized carbons (Fsp3) is 0.300. The van der Waals surface area contributed by atoms with Crippen LogP contribution in [0.2, 0.25) is 5.15 Å². The van der Waals surface area contributed by atoms with E-state index in [-0.39, 0.29) is 0 Å². The molecule has 0 fully saturated rings. The van der Waals surface area contributed by atoms with Gasteiger partial charge in [0.05, 0.1) is 6.33 Å². The smallest absolute Gasteiger partial charge is 0.208 e. The second-order valence-electron chi connectivity index (χ2n) is 3.02. The summed E-state index contributed by atoms with van der Waals surface area (Å²) in [7, 11) is 1.86. The number of aryl methyl sites for hydroxylation is 1. The van der Waals surface area contributed by atoms with Crippen LogP contribution >= 0.6 is 11.6 Å². The van der Waals surface area contributed by atoms with Gasteiger partial charge in [-0.3, -0.25) is 0 Å². The number of halogens is 1. The molecule has 0 saturated heterocycles. The molecule has 2 heterocycles. The van der Waals surface area contributed by atoms with Crippen LogP contribution in [0.5, 0.6) is 0 Å². The minimum Gasteiger partial charge on any atom is -0.318 e. The van der Waals surface area contributed by atoms with E-state index in [4.69, 9.17) is 11.6 Å². The Bertz CT molecular complexity index is 562. The average Bonchev–Trinajstić information content (AvgIpc) is 2.58. The van der Waals surface area contributed by atoms with Gasteiger partial charge >= 0.3 is 0 Å². The molecule has 2 aromatic rings. The van der Waals surface area contributed by atoms with Crippen molar-refractivity contribution in [1.29, 1.82) is 0 Å². The highest BCUT2D eigenvalue weighted by Crippen LogP contribution is 2.17. The highest BCUT2D eigenvalue weighted by Gasteiger charge is 2.08. The third-order valence-electron chi connectivity index (χ3n) is 1.89. The number of rotatable bonds is 0. The van der Waals surface area contributed by atoms with Gasteiger partial charge in [0.1, 0.15) is 5.52 Å². The highest BCUT2D eigenvalue weighted by molar-refractivity contribution is 6.33. The number of hydrogen-bond acceptors (Lipinski definition) is 3. The molecule has 0 radical (unpaired) electrons. The minimum absolute atomic E-state index is 0.348. The molecule has 0 saturated carbocycles. The molecule has 2 rings (SSSR count). The lowest BCUT2D eigenvalue weighted by Crippen LogP contribution is -1.94. The fourth-order valence-corrected chi connectivity index (χ4v) is 1.41. The molecule has 0 spiro atoms. The van der Waals surface area contributed by atoms with Gasteiger partial charge < -0.3 is 4.57 Å². The summed E-state index contributed by atoms with van der Waals surface area (Å²) in [6.07, 6.45) is 2.42. The van der Waals surface area contributed by atoms with Crippen molar-refractivity contribution in [2.24, 2.45) is 7.05 Å². The Morgan fingerprint density at radius 3 is 3.00 bits per heavy atom. The summed E-state index contributed by atoms with van der Waals surface area (Å²) in [6.45, 7) is 1.97. The second-order valence-corrected chi connectivity index (χ2v) is 3.38. The standard InChI is InChI=1S/C10H9ClN4/c1-3-4-5-7-13-9(11)8-10(14-7)15(2)6-12-8/h6H,3H2,1-2H3. The minimum atomic E-state index is 0.348. The third kappa shape index (κ3) is 1.79. The van der Waals surface area contributed by atoms with Gasteiger partial charge in [-0.1, -0.05) is 24.4 Å². The van der Waals surface area contributed by atoms with Gasteiger partial charge in [0, 0.05) is 13.5 Å². The van der Waals surface area contributed by atoms with Crippen LogP contribution in [0.15, 0.2) is 6.33 Å². The van der Waals surface area contributed by atoms with Crippen LogP contribution in [0.25, 0.3) is 11.2 Å². The zero-order chi connectivity index (χ0) is 10.8. The van der Waals surface area contributed by atoms with Gasteiger partial charge in [0.15, 0.2) is 10.8 Å². The summed E-state index contributed by atoms with van der Waals surface area (Å²) in [5.41, 5.74) is 1.32. The van der Waals surface area contributed by atoms with Crippen molar-refractivity contribution in [3.05, 3.63) is 17.3 Å². The van der Waals surface area contributed by atoms with E-state index >= 15 is 0 Å². The monoisotopic (exact) mass is 220 g/mol. The summed E-state index contributed by atoms with van der Waals surface area (Å²) in [6, 6.07) is 0. The van der Waals surface area contributed by atoms with Crippen molar-refractivity contribution >= 4 is 22.8 Å². The van der Waals surface area contributed by atoms with Gasteiger partial charge in [0.25, 0.3) is 0 Å². The Labute approximate surface area is 92.3 Å². The predicted molar refractivity (Wildman–Crippen MR) is 58.5 cm³/mol. The Morgan fingerprint density at radius 1 is 1.47 bits per heavy atom. The van der Waals surface area contributed by atoms with E-state index in [2.05, 4.69) is 26.8 Å². The molecule has 0 unspecified atom stereocenters. The predicted octanol–water partition coefficient (Wildman–Crippen LogP) is 1.78. The number of hydrogen-bond donors (Lipinski definition) is 0. The molecule has 0 amide bonds. The summed E-state index contributed by atoms with van der Waals surface area (Å²) < 4.78 is 1.79. The van der Waals surface area contributed by atoms with Gasteiger partial charge in [-0.15, -0.1) is 0 Å². The van der Waals surface area contributed by atoms with E-state index in [0.717, 1.165) is 6.42 Å². The molecular weight excluding hydrogens is 212 g/mol. The van der Waals surface area contributed by atoms with E-state index < -0.39 is 0 Å². The van der Waals surface area contributed by atoms with Crippen molar-refractivity contribution in [2.45, 2.75) is 13.3 Å². The van der Waals surface area contributed by atoms with Gasteiger partial charge in [0.2, 0.25) is 5.82 Å². The maximum atomic E-state index is 5.96. The van der Waals surface area contributed by atoms with Crippen LogP contribution < -0.4 is 0 Å². The average molecular weight is 221 g/mol. The van der Waals surface area contributed by atoms with Gasteiger partial charge in [-0.05, 0) is 5.92 Å². The molecule has 0 aliphatic rings. The second kappa shape index (κ2) is 3.87. The maximum Gasteiger partial charge on any atom is 0.208 e. The third-order valence-corrected chi connectivity index (χ3v) is 2.16. The fourth-order valence-electron chi connectivity index (χ4n) is 1.20. The normalized spacial score (nSPS) is 10.1. The van der Waals surface area contributed by atoms with Crippen LogP contribution in [-0.2, 0) is 7.05 Å². The lowest BCUT2D eigenvalue weighted by molar-refractivity contribution is 0.925. The Hall–Kier alpha value is -1.60. The van der Waals surface area contributed by atoms with Crippen molar-refractivity contribution < 1.29 is 0 Å². The van der Waals surface area contributed by atoms with E-state index in [1.807, 2.05) is 14.0 Å². The lowest BCUT2D eigenvalue weighted by Gasteiger charge is -1.95. The molecule has 0 bridgehead atoms. The first-order valence-electron chi connectivity index (χ1n) is 4.55. The van der Waals surface area contributed by atoms with Gasteiger partial charge in [-0.25, -0.2) is 15.0 Å². The SMILES string of the molecule is CCC#Cc1nc(Cl)c2ncn(C)c2n1. The van der Waals surface area contributed by atoms with E-state index in [1.54, 1.807) is 10.9 Å². The van der Waals surface area contributed by atoms with Crippen LogP contribution in [0, 0.1) is 11.8 Å². The molecule has 0 N–H and O–H groups in total. The lowest BCUT2D eigenvalue weighted by atomic mass is 10.4. The molecule has 0 aliphatic carbocycles. The molecule has 76 valence electrons. The molecule has 0 aliphatic heterocycles. The molecular formula is C10H9ClN4. The van der Waals surface area contributed by atoms with Crippen molar-refractivity contribution in [1.82, 2.24) is 19.5 Å². The first-order valence-corrected chi connectivity index (χ1v) is 4.93. The Balaban J connectivity index is 2.65. The zero-order valence-electron chi connectivity index (χ0n) is 8.45. The number of fused-ring (bicyclic) bond motifs is 1. The molecule has 0 atom stereocenters. The number of aromatic nitrogens is 4. The van der Waals surface area contributed by atoms with Crippen LogP contribution in [0.4, 0.5) is 0 Å². The summed E-state index contributed by atoms with van der Waals surface area (Å²) >= 11 is 5.96. The van der Waals surface area contributed by atoms with Crippen LogP contribution in [0.3, 0.4) is 0 Å². The zero-order valence-corrected chi connectivity index (χ0v) is 9.21. The Kier molecular flexibility index (Phi) is 2.57. The molecule has 4 nitrogen and oxygen atoms in total. The molecule has 0 aromatic carbocycles. The summed E-state index contributed by atoms with van der Waals surface area (Å²) in [5, 5.41) is 0.348. The van der Waals surface area contributed by atoms with E-state index in [1.165, 1.54) is 0 Å². The highest BCUT2D eigenvalue weighted by atomic mass is 35.5. The maximum absolute atomic E-state index is 5.96. The molecule has 2 aromatic heterocycles. The summed E-state index contributed by atoms with van der Waals surface area (Å²) in [4.78, 5) is 12.4. The quantitative estimate of drug-likeness (QED) is 0.502. The molecule has 15 heavy (non-hydrogen) atoms. The first kappa shape index (κ1) is 9.94. The summed E-state index contributed by atoms with van der Waals surface area (Å²) in [5.74, 6) is 6.19. The van der Waals surface area contributed by atoms with Gasteiger partial charge in [-0.2, -0.15) is 0 Å². The largest absolute Gasteiger partial charge is 0.318 e. The first-order chi connectivity index (χ1) is 7.22. The van der Waals surface area contributed by atoms with Crippen molar-refractivity contribution in [3.8, 4) is 11.8 Å². The van der Waals surface area contributed by atoms with Crippen LogP contribution in [0.1, 0.15) is 19.2 Å². The van der Waals surface area contributed by atoms with Crippen molar-refractivity contribution in [2.75, 3.05) is 0 Å². The number of nitrogens with zero attached hydrogens (tertiary/aromatic N) is 4. The Morgan fingerprint density at radius 2 is 2.27 bits per heavy atom.